The predicted molar refractivity (Wildman–Crippen MR) is 49.1 cm³/mol. The van der Waals surface area contributed by atoms with Crippen LogP contribution in [0.25, 0.3) is 0 Å². The molecule has 0 radical (unpaired) electrons. The minimum atomic E-state index is -1.56. The number of hydrogen-bond acceptors (Lipinski definition) is 2. The van der Waals surface area contributed by atoms with Crippen LogP contribution in [0, 0.1) is 17.5 Å². The summed E-state index contributed by atoms with van der Waals surface area (Å²) in [5, 5.41) is 9.67. The molecule has 0 unspecified atom stereocenters. The Bertz CT molecular complexity index is 471. The van der Waals surface area contributed by atoms with E-state index in [9.17, 15) is 18.3 Å². The van der Waals surface area contributed by atoms with Crippen molar-refractivity contribution in [1.29, 1.82) is 0 Å². The fourth-order valence-corrected chi connectivity index (χ4v) is 1.34. The molecular formula is C11H7F3O2. The van der Waals surface area contributed by atoms with Gasteiger partial charge in [0.25, 0.3) is 0 Å². The summed E-state index contributed by atoms with van der Waals surface area (Å²) in [7, 11) is 0. The lowest BCUT2D eigenvalue weighted by Gasteiger charge is -2.08. The van der Waals surface area contributed by atoms with E-state index in [2.05, 4.69) is 0 Å². The van der Waals surface area contributed by atoms with Crippen molar-refractivity contribution in [2.24, 2.45) is 0 Å². The van der Waals surface area contributed by atoms with Crippen molar-refractivity contribution >= 4 is 0 Å². The van der Waals surface area contributed by atoms with E-state index in [0.29, 0.717) is 0 Å². The quantitative estimate of drug-likeness (QED) is 0.802. The van der Waals surface area contributed by atoms with E-state index in [-0.39, 0.29) is 11.3 Å². The Labute approximate surface area is 88.9 Å². The Hall–Kier alpha value is -1.75. The number of aliphatic hydroxyl groups excluding tert-OH is 1. The molecule has 1 aromatic heterocycles. The van der Waals surface area contributed by atoms with Crippen LogP contribution in [-0.4, -0.2) is 5.11 Å². The zero-order valence-electron chi connectivity index (χ0n) is 7.95. The minimum Gasteiger partial charge on any atom is -0.466 e. The summed E-state index contributed by atoms with van der Waals surface area (Å²) in [5.74, 6) is -4.12. The fraction of sp³-hybridized carbons (Fsp3) is 0.0909. The Kier molecular flexibility index (Phi) is 2.70. The summed E-state index contributed by atoms with van der Waals surface area (Å²) in [6, 6.07) is 4.43. The van der Waals surface area contributed by atoms with Gasteiger partial charge in [0, 0.05) is 0 Å². The van der Waals surface area contributed by atoms with Crippen LogP contribution >= 0.6 is 0 Å². The smallest absolute Gasteiger partial charge is 0.194 e. The highest BCUT2D eigenvalue weighted by atomic mass is 19.2. The second-order valence-corrected chi connectivity index (χ2v) is 3.22. The highest BCUT2D eigenvalue weighted by molar-refractivity contribution is 5.26. The summed E-state index contributed by atoms with van der Waals surface area (Å²) in [4.78, 5) is 0. The molecule has 1 aromatic carbocycles. The third-order valence-corrected chi connectivity index (χ3v) is 2.13. The molecule has 0 saturated heterocycles. The van der Waals surface area contributed by atoms with Gasteiger partial charge in [-0.1, -0.05) is 0 Å². The summed E-state index contributed by atoms with van der Waals surface area (Å²) in [6.07, 6.45) is -0.00554. The lowest BCUT2D eigenvalue weighted by Crippen LogP contribution is -2.02. The zero-order chi connectivity index (χ0) is 11.7. The van der Waals surface area contributed by atoms with Crippen molar-refractivity contribution < 1.29 is 22.7 Å². The van der Waals surface area contributed by atoms with E-state index in [1.165, 1.54) is 18.4 Å². The van der Waals surface area contributed by atoms with Gasteiger partial charge in [0.1, 0.15) is 11.9 Å². The Morgan fingerprint density at radius 2 is 1.75 bits per heavy atom. The maximum absolute atomic E-state index is 12.9. The first-order valence-corrected chi connectivity index (χ1v) is 4.45. The van der Waals surface area contributed by atoms with Crippen LogP contribution in [0.2, 0.25) is 0 Å². The molecule has 0 bridgehead atoms. The van der Waals surface area contributed by atoms with E-state index >= 15 is 0 Å². The van der Waals surface area contributed by atoms with Crippen molar-refractivity contribution in [1.82, 2.24) is 0 Å². The van der Waals surface area contributed by atoms with E-state index in [0.717, 1.165) is 12.1 Å². The third-order valence-electron chi connectivity index (χ3n) is 2.13. The average Bonchev–Trinajstić information content (AvgIpc) is 2.77. The Morgan fingerprint density at radius 1 is 1.12 bits per heavy atom. The standard InChI is InChI=1S/C11H7F3O2/c12-7-4-6(5-8(13)10(7)14)11(15)9-2-1-3-16-9/h1-5,11,15H/t11-/m0/s1. The number of halogens is 3. The summed E-state index contributed by atoms with van der Waals surface area (Å²) in [5.41, 5.74) is -0.105. The molecule has 2 rings (SSSR count). The lowest BCUT2D eigenvalue weighted by atomic mass is 10.1. The largest absolute Gasteiger partial charge is 0.466 e. The molecule has 2 nitrogen and oxygen atoms in total. The van der Waals surface area contributed by atoms with Crippen molar-refractivity contribution in [3.05, 3.63) is 59.3 Å². The third kappa shape index (κ3) is 1.81. The Balaban J connectivity index is 2.42. The Morgan fingerprint density at radius 3 is 2.25 bits per heavy atom. The molecule has 2 aromatic rings. The van der Waals surface area contributed by atoms with Gasteiger partial charge >= 0.3 is 0 Å². The minimum absolute atomic E-state index is 0.105. The first-order chi connectivity index (χ1) is 7.59. The molecule has 0 aliphatic carbocycles. The molecule has 1 N–H and O–H groups in total. The molecule has 1 heterocycles. The molecule has 0 aliphatic heterocycles. The molecule has 0 saturated carbocycles. The maximum atomic E-state index is 12.9. The van der Waals surface area contributed by atoms with Gasteiger partial charge in [-0.15, -0.1) is 0 Å². The van der Waals surface area contributed by atoms with Gasteiger partial charge in [-0.3, -0.25) is 0 Å². The molecule has 1 atom stereocenters. The molecule has 16 heavy (non-hydrogen) atoms. The second-order valence-electron chi connectivity index (χ2n) is 3.22. The topological polar surface area (TPSA) is 33.4 Å². The van der Waals surface area contributed by atoms with E-state index in [1.807, 2.05) is 0 Å². The monoisotopic (exact) mass is 228 g/mol. The molecule has 0 aliphatic rings. The molecule has 5 heteroatoms. The van der Waals surface area contributed by atoms with Gasteiger partial charge in [0.05, 0.1) is 6.26 Å². The molecule has 84 valence electrons. The highest BCUT2D eigenvalue weighted by Gasteiger charge is 2.18. The van der Waals surface area contributed by atoms with Crippen LogP contribution in [0.1, 0.15) is 17.4 Å². The van der Waals surface area contributed by atoms with Gasteiger partial charge in [0.15, 0.2) is 17.5 Å². The molecular weight excluding hydrogens is 221 g/mol. The highest BCUT2D eigenvalue weighted by Crippen LogP contribution is 2.25. The van der Waals surface area contributed by atoms with Crippen LogP contribution in [0.3, 0.4) is 0 Å². The number of hydrogen-bond donors (Lipinski definition) is 1. The number of rotatable bonds is 2. The van der Waals surface area contributed by atoms with Gasteiger partial charge in [-0.2, -0.15) is 0 Å². The molecule has 0 fully saturated rings. The van der Waals surface area contributed by atoms with Gasteiger partial charge in [0.2, 0.25) is 0 Å². The first-order valence-electron chi connectivity index (χ1n) is 4.45. The summed E-state index contributed by atoms with van der Waals surface area (Å²) in [6.45, 7) is 0. The molecule has 0 spiro atoms. The van der Waals surface area contributed by atoms with Gasteiger partial charge < -0.3 is 9.52 Å². The van der Waals surface area contributed by atoms with Crippen molar-refractivity contribution in [3.8, 4) is 0 Å². The first kappa shape index (κ1) is 10.8. The maximum Gasteiger partial charge on any atom is 0.194 e. The lowest BCUT2D eigenvalue weighted by molar-refractivity contribution is 0.188. The van der Waals surface area contributed by atoms with Crippen LogP contribution in [0.15, 0.2) is 34.9 Å². The van der Waals surface area contributed by atoms with Crippen molar-refractivity contribution in [3.63, 3.8) is 0 Å². The van der Waals surface area contributed by atoms with Crippen molar-refractivity contribution in [2.75, 3.05) is 0 Å². The fourth-order valence-electron chi connectivity index (χ4n) is 1.34. The zero-order valence-corrected chi connectivity index (χ0v) is 7.95. The number of aliphatic hydroxyl groups is 1. The van der Waals surface area contributed by atoms with E-state index < -0.39 is 23.6 Å². The number of benzene rings is 1. The predicted octanol–water partition coefficient (Wildman–Crippen LogP) is 2.78. The second kappa shape index (κ2) is 4.02. The number of furan rings is 1. The van der Waals surface area contributed by atoms with E-state index in [1.54, 1.807) is 0 Å². The molecule has 0 amide bonds. The van der Waals surface area contributed by atoms with Crippen LogP contribution in [0.5, 0.6) is 0 Å². The SMILES string of the molecule is O[C@@H](c1cc(F)c(F)c(F)c1)c1ccco1. The summed E-state index contributed by atoms with van der Waals surface area (Å²) < 4.78 is 43.3. The van der Waals surface area contributed by atoms with Gasteiger partial charge in [-0.05, 0) is 29.8 Å². The summed E-state index contributed by atoms with van der Waals surface area (Å²) >= 11 is 0. The van der Waals surface area contributed by atoms with Crippen molar-refractivity contribution in [2.45, 2.75) is 6.10 Å². The van der Waals surface area contributed by atoms with Crippen LogP contribution in [0.4, 0.5) is 13.2 Å². The van der Waals surface area contributed by atoms with Crippen LogP contribution in [-0.2, 0) is 0 Å². The van der Waals surface area contributed by atoms with Gasteiger partial charge in [-0.25, -0.2) is 13.2 Å². The normalized spacial score (nSPS) is 12.8. The average molecular weight is 228 g/mol. The van der Waals surface area contributed by atoms with E-state index in [4.69, 9.17) is 4.42 Å². The van der Waals surface area contributed by atoms with Crippen LogP contribution < -0.4 is 0 Å².